The van der Waals surface area contributed by atoms with Crippen LogP contribution >= 0.6 is 31.9 Å². The zero-order valence-electron chi connectivity index (χ0n) is 8.37. The number of amides is 4. The van der Waals surface area contributed by atoms with Crippen molar-refractivity contribution in [3.05, 3.63) is 27.1 Å². The lowest BCUT2D eigenvalue weighted by molar-refractivity contribution is -0.128. The van der Waals surface area contributed by atoms with Gasteiger partial charge in [0.2, 0.25) is 11.8 Å². The molecule has 17 heavy (non-hydrogen) atoms. The Bertz CT molecular complexity index is 510. The van der Waals surface area contributed by atoms with Gasteiger partial charge in [-0.25, -0.2) is 9.69 Å². The lowest BCUT2D eigenvalue weighted by atomic mass is 10.2. The van der Waals surface area contributed by atoms with Gasteiger partial charge < -0.3 is 0 Å². The number of halogens is 2. The van der Waals surface area contributed by atoms with E-state index >= 15 is 0 Å². The summed E-state index contributed by atoms with van der Waals surface area (Å²) in [7, 11) is 0. The minimum atomic E-state index is -0.731. The van der Waals surface area contributed by atoms with Gasteiger partial charge >= 0.3 is 6.03 Å². The van der Waals surface area contributed by atoms with Crippen LogP contribution in [0.15, 0.2) is 27.1 Å². The van der Waals surface area contributed by atoms with Crippen molar-refractivity contribution in [2.75, 3.05) is 4.90 Å². The fourth-order valence-electron chi connectivity index (χ4n) is 1.45. The van der Waals surface area contributed by atoms with Crippen molar-refractivity contribution in [2.24, 2.45) is 0 Å². The van der Waals surface area contributed by atoms with Gasteiger partial charge in [0, 0.05) is 8.95 Å². The molecule has 1 saturated heterocycles. The first-order chi connectivity index (χ1) is 7.99. The van der Waals surface area contributed by atoms with Gasteiger partial charge in [-0.15, -0.1) is 0 Å². The summed E-state index contributed by atoms with van der Waals surface area (Å²) in [5.74, 6) is -1.13. The van der Waals surface area contributed by atoms with Gasteiger partial charge in [0.15, 0.2) is 0 Å². The third-order valence-corrected chi connectivity index (χ3v) is 3.32. The molecule has 0 saturated carbocycles. The topological polar surface area (TPSA) is 66.5 Å². The highest BCUT2D eigenvalue weighted by molar-refractivity contribution is 9.11. The van der Waals surface area contributed by atoms with E-state index < -0.39 is 17.8 Å². The molecule has 1 heterocycles. The van der Waals surface area contributed by atoms with Crippen molar-refractivity contribution >= 4 is 55.4 Å². The van der Waals surface area contributed by atoms with Crippen LogP contribution in [0.5, 0.6) is 0 Å². The van der Waals surface area contributed by atoms with E-state index in [9.17, 15) is 14.4 Å². The Labute approximate surface area is 113 Å². The molecular weight excluding hydrogens is 356 g/mol. The maximum Gasteiger partial charge on any atom is 0.335 e. The summed E-state index contributed by atoms with van der Waals surface area (Å²) in [6.45, 7) is 0. The Morgan fingerprint density at radius 2 is 1.88 bits per heavy atom. The van der Waals surface area contributed by atoms with Crippen LogP contribution in [-0.2, 0) is 9.59 Å². The van der Waals surface area contributed by atoms with Crippen LogP contribution in [0.25, 0.3) is 0 Å². The quantitative estimate of drug-likeness (QED) is 0.779. The van der Waals surface area contributed by atoms with E-state index in [1.807, 2.05) is 0 Å². The van der Waals surface area contributed by atoms with Crippen LogP contribution in [0.3, 0.4) is 0 Å². The Morgan fingerprint density at radius 1 is 1.18 bits per heavy atom. The number of urea groups is 1. The van der Waals surface area contributed by atoms with Crippen molar-refractivity contribution in [3.8, 4) is 0 Å². The highest BCUT2D eigenvalue weighted by Gasteiger charge is 2.33. The second kappa shape index (κ2) is 4.58. The van der Waals surface area contributed by atoms with E-state index in [1.165, 1.54) is 0 Å². The van der Waals surface area contributed by atoms with Crippen molar-refractivity contribution < 1.29 is 14.4 Å². The standard InChI is InChI=1S/C10H6Br2N2O3/c11-5-1-2-6(12)7(3-5)14-9(16)4-8(15)13-10(14)17/h1-3H,4H2,(H,13,15,17). The van der Waals surface area contributed by atoms with Crippen molar-refractivity contribution in [2.45, 2.75) is 6.42 Å². The second-order valence-corrected chi connectivity index (χ2v) is 5.13. The maximum absolute atomic E-state index is 11.7. The molecule has 4 amide bonds. The Kier molecular flexibility index (Phi) is 3.30. The average molecular weight is 362 g/mol. The highest BCUT2D eigenvalue weighted by Crippen LogP contribution is 2.30. The molecule has 0 aromatic heterocycles. The van der Waals surface area contributed by atoms with Gasteiger partial charge in [-0.05, 0) is 34.1 Å². The number of nitrogens with zero attached hydrogens (tertiary/aromatic N) is 1. The predicted molar refractivity (Wildman–Crippen MR) is 67.5 cm³/mol. The van der Waals surface area contributed by atoms with E-state index in [1.54, 1.807) is 18.2 Å². The van der Waals surface area contributed by atoms with Gasteiger partial charge in [0.25, 0.3) is 0 Å². The molecule has 88 valence electrons. The number of rotatable bonds is 1. The number of barbiturate groups is 1. The molecule has 0 spiro atoms. The average Bonchev–Trinajstić information content (AvgIpc) is 2.21. The Hall–Kier alpha value is -1.21. The summed E-state index contributed by atoms with van der Waals surface area (Å²) in [6.07, 6.45) is -0.329. The molecule has 1 aromatic rings. The number of carbonyl (C=O) groups excluding carboxylic acids is 3. The second-order valence-electron chi connectivity index (χ2n) is 3.35. The number of benzene rings is 1. The summed E-state index contributed by atoms with van der Waals surface area (Å²) in [4.78, 5) is 35.3. The summed E-state index contributed by atoms with van der Waals surface area (Å²) in [5, 5.41) is 2.10. The fraction of sp³-hybridized carbons (Fsp3) is 0.100. The first-order valence-electron chi connectivity index (χ1n) is 4.61. The van der Waals surface area contributed by atoms with Crippen molar-refractivity contribution in [1.82, 2.24) is 5.32 Å². The predicted octanol–water partition coefficient (Wildman–Crippen LogP) is 2.18. The van der Waals surface area contributed by atoms with Crippen LogP contribution in [0.4, 0.5) is 10.5 Å². The van der Waals surface area contributed by atoms with Crippen LogP contribution in [0.2, 0.25) is 0 Å². The monoisotopic (exact) mass is 360 g/mol. The molecule has 0 radical (unpaired) electrons. The number of nitrogens with one attached hydrogen (secondary N) is 1. The number of anilines is 1. The fourth-order valence-corrected chi connectivity index (χ4v) is 2.22. The zero-order chi connectivity index (χ0) is 12.6. The molecule has 1 aliphatic rings. The number of carbonyl (C=O) groups is 3. The molecule has 0 aliphatic carbocycles. The van der Waals surface area contributed by atoms with Gasteiger partial charge in [0.1, 0.15) is 6.42 Å². The van der Waals surface area contributed by atoms with Crippen LogP contribution in [-0.4, -0.2) is 17.8 Å². The molecule has 2 rings (SSSR count). The summed E-state index contributed by atoms with van der Waals surface area (Å²) >= 11 is 6.51. The Balaban J connectivity index is 2.45. The molecule has 7 heteroatoms. The minimum Gasteiger partial charge on any atom is -0.277 e. The molecule has 1 aromatic carbocycles. The first kappa shape index (κ1) is 12.3. The van der Waals surface area contributed by atoms with E-state index in [0.29, 0.717) is 10.2 Å². The lowest BCUT2D eigenvalue weighted by Crippen LogP contribution is -2.53. The molecule has 1 aliphatic heterocycles. The zero-order valence-corrected chi connectivity index (χ0v) is 11.5. The maximum atomic E-state index is 11.7. The molecule has 0 unspecified atom stereocenters. The van der Waals surface area contributed by atoms with Crippen LogP contribution in [0.1, 0.15) is 6.42 Å². The van der Waals surface area contributed by atoms with Crippen LogP contribution in [0, 0.1) is 0 Å². The smallest absolute Gasteiger partial charge is 0.277 e. The van der Waals surface area contributed by atoms with Crippen LogP contribution < -0.4 is 10.2 Å². The third kappa shape index (κ3) is 2.39. The molecule has 1 fully saturated rings. The SMILES string of the molecule is O=C1CC(=O)N(c2cc(Br)ccc2Br)C(=O)N1. The number of hydrogen-bond donors (Lipinski definition) is 1. The van der Waals surface area contributed by atoms with Gasteiger partial charge in [0.05, 0.1) is 5.69 Å². The normalized spacial score (nSPS) is 16.1. The van der Waals surface area contributed by atoms with E-state index in [0.717, 1.165) is 9.37 Å². The summed E-state index contributed by atoms with van der Waals surface area (Å²) in [6, 6.07) is 4.36. The van der Waals surface area contributed by atoms with Gasteiger partial charge in [-0.1, -0.05) is 15.9 Å². The minimum absolute atomic E-state index is 0.329. The first-order valence-corrected chi connectivity index (χ1v) is 6.19. The molecule has 0 atom stereocenters. The molecular formula is C10H6Br2N2O3. The van der Waals surface area contributed by atoms with E-state index in [-0.39, 0.29) is 6.42 Å². The number of imide groups is 2. The molecule has 5 nitrogen and oxygen atoms in total. The molecule has 1 N–H and O–H groups in total. The third-order valence-electron chi connectivity index (χ3n) is 2.16. The van der Waals surface area contributed by atoms with E-state index in [4.69, 9.17) is 0 Å². The van der Waals surface area contributed by atoms with Gasteiger partial charge in [-0.2, -0.15) is 0 Å². The lowest BCUT2D eigenvalue weighted by Gasteiger charge is -2.25. The Morgan fingerprint density at radius 3 is 2.53 bits per heavy atom. The molecule has 0 bridgehead atoms. The summed E-state index contributed by atoms with van der Waals surface area (Å²) in [5.41, 5.74) is 0.398. The number of hydrogen-bond acceptors (Lipinski definition) is 3. The van der Waals surface area contributed by atoms with E-state index in [2.05, 4.69) is 37.2 Å². The van der Waals surface area contributed by atoms with Crippen molar-refractivity contribution in [3.63, 3.8) is 0 Å². The van der Waals surface area contributed by atoms with Gasteiger partial charge in [-0.3, -0.25) is 14.9 Å². The summed E-state index contributed by atoms with van der Waals surface area (Å²) < 4.78 is 1.33. The largest absolute Gasteiger partial charge is 0.335 e. The highest BCUT2D eigenvalue weighted by atomic mass is 79.9. The van der Waals surface area contributed by atoms with Crippen molar-refractivity contribution in [1.29, 1.82) is 0 Å².